The van der Waals surface area contributed by atoms with Crippen LogP contribution in [0.1, 0.15) is 44.9 Å². The maximum absolute atomic E-state index is 12.3. The van der Waals surface area contributed by atoms with Crippen LogP contribution in [0.15, 0.2) is 6.07 Å². The summed E-state index contributed by atoms with van der Waals surface area (Å²) in [5.74, 6) is 1.12. The number of aryl methyl sites for hydroxylation is 2. The van der Waals surface area contributed by atoms with Gasteiger partial charge in [-0.25, -0.2) is 9.78 Å². The highest BCUT2D eigenvalue weighted by atomic mass is 16.6. The van der Waals surface area contributed by atoms with Gasteiger partial charge in [0.15, 0.2) is 0 Å². The van der Waals surface area contributed by atoms with Crippen molar-refractivity contribution in [2.45, 2.75) is 58.1 Å². The van der Waals surface area contributed by atoms with E-state index >= 15 is 0 Å². The van der Waals surface area contributed by atoms with Crippen molar-refractivity contribution < 1.29 is 24.2 Å². The first-order valence-electron chi connectivity index (χ1n) is 8.86. The van der Waals surface area contributed by atoms with Gasteiger partial charge in [-0.3, -0.25) is 0 Å². The third-order valence-electron chi connectivity index (χ3n) is 4.74. The number of carbonyl (C=O) groups is 1. The average molecular weight is 363 g/mol. The lowest BCUT2D eigenvalue weighted by Crippen LogP contribution is -2.46. The zero-order chi connectivity index (χ0) is 19.1. The number of anilines is 1. The number of carbonyl (C=O) groups excluding carboxylic acids is 1. The number of amides is 1. The summed E-state index contributed by atoms with van der Waals surface area (Å²) >= 11 is 0. The summed E-state index contributed by atoms with van der Waals surface area (Å²) in [6, 6.07) is 1.79. The molecule has 2 aliphatic heterocycles. The molecule has 1 atom stereocenters. The molecule has 0 aromatic carbocycles. The lowest BCUT2D eigenvalue weighted by atomic mass is 9.86. The number of nitrogens with one attached hydrogen (secondary N) is 1. The highest BCUT2D eigenvalue weighted by Gasteiger charge is 2.43. The van der Waals surface area contributed by atoms with E-state index in [0.717, 1.165) is 30.6 Å². The molecule has 0 bridgehead atoms. The molecule has 0 unspecified atom stereocenters. The van der Waals surface area contributed by atoms with Crippen molar-refractivity contribution >= 4 is 19.2 Å². The molecule has 3 rings (SSSR count). The molecule has 1 amide bonds. The Hall–Kier alpha value is -2.00. The standard InChI is InChI=1S/C17H26BN3O5/c1-11-13(26-18(23)24)9-12-5-6-17(20-14(12)19-11)7-8-21(10-17)15(22)25-16(2,3)4/h9,23-24H,5-8,10H2,1-4H3,(H,19,20)/t17-/m0/s1. The van der Waals surface area contributed by atoms with Crippen molar-refractivity contribution in [3.8, 4) is 5.75 Å². The minimum atomic E-state index is -1.87. The zero-order valence-corrected chi connectivity index (χ0v) is 15.7. The van der Waals surface area contributed by atoms with Gasteiger partial charge < -0.3 is 29.7 Å². The van der Waals surface area contributed by atoms with Gasteiger partial charge in [-0.05, 0) is 58.6 Å². The molecule has 0 aliphatic carbocycles. The lowest BCUT2D eigenvalue weighted by Gasteiger charge is -2.36. The molecule has 3 N–H and O–H groups in total. The third-order valence-corrected chi connectivity index (χ3v) is 4.74. The van der Waals surface area contributed by atoms with Crippen LogP contribution in [0.5, 0.6) is 5.75 Å². The second-order valence-electron chi connectivity index (χ2n) is 8.08. The summed E-state index contributed by atoms with van der Waals surface area (Å²) in [5, 5.41) is 21.5. The normalized spacial score (nSPS) is 22.0. The van der Waals surface area contributed by atoms with Gasteiger partial charge in [0, 0.05) is 13.1 Å². The van der Waals surface area contributed by atoms with Crippen LogP contribution in [0, 0.1) is 6.92 Å². The van der Waals surface area contributed by atoms with E-state index in [1.807, 2.05) is 20.8 Å². The molecule has 3 heterocycles. The van der Waals surface area contributed by atoms with Gasteiger partial charge in [0.05, 0.1) is 11.2 Å². The molecule has 1 saturated heterocycles. The first-order chi connectivity index (χ1) is 12.1. The summed E-state index contributed by atoms with van der Waals surface area (Å²) in [4.78, 5) is 18.6. The molecular formula is C17H26BN3O5. The lowest BCUT2D eigenvalue weighted by molar-refractivity contribution is 0.0285. The number of ether oxygens (including phenoxy) is 1. The van der Waals surface area contributed by atoms with Gasteiger partial charge in [0.25, 0.3) is 0 Å². The molecule has 9 heteroatoms. The average Bonchev–Trinajstić information content (AvgIpc) is 2.90. The van der Waals surface area contributed by atoms with Crippen LogP contribution in [0.2, 0.25) is 0 Å². The van der Waals surface area contributed by atoms with Gasteiger partial charge in [-0.15, -0.1) is 0 Å². The van der Waals surface area contributed by atoms with E-state index in [9.17, 15) is 4.79 Å². The fourth-order valence-electron chi connectivity index (χ4n) is 3.51. The number of fused-ring (bicyclic) bond motifs is 1. The molecule has 142 valence electrons. The van der Waals surface area contributed by atoms with Crippen LogP contribution >= 0.6 is 0 Å². The van der Waals surface area contributed by atoms with Crippen molar-refractivity contribution in [2.75, 3.05) is 18.4 Å². The molecule has 2 aliphatic rings. The minimum Gasteiger partial charge on any atom is -0.510 e. The highest BCUT2D eigenvalue weighted by Crippen LogP contribution is 2.38. The fraction of sp³-hybridized carbons (Fsp3) is 0.647. The summed E-state index contributed by atoms with van der Waals surface area (Å²) in [5.41, 5.74) is 0.824. The van der Waals surface area contributed by atoms with Crippen molar-refractivity contribution in [1.82, 2.24) is 9.88 Å². The van der Waals surface area contributed by atoms with Crippen molar-refractivity contribution in [3.63, 3.8) is 0 Å². The number of aromatic nitrogens is 1. The Morgan fingerprint density at radius 2 is 2.12 bits per heavy atom. The predicted molar refractivity (Wildman–Crippen MR) is 96.9 cm³/mol. The van der Waals surface area contributed by atoms with Gasteiger partial charge >= 0.3 is 13.4 Å². The number of likely N-dealkylation sites (tertiary alicyclic amines) is 1. The van der Waals surface area contributed by atoms with Crippen LogP contribution in [0.25, 0.3) is 0 Å². The molecular weight excluding hydrogens is 337 g/mol. The molecule has 1 spiro atoms. The molecule has 0 radical (unpaired) electrons. The molecule has 8 nitrogen and oxygen atoms in total. The summed E-state index contributed by atoms with van der Waals surface area (Å²) in [6.07, 6.45) is 2.17. The van der Waals surface area contributed by atoms with Gasteiger partial charge in [-0.2, -0.15) is 0 Å². The highest BCUT2D eigenvalue weighted by molar-refractivity contribution is 6.33. The molecule has 26 heavy (non-hydrogen) atoms. The number of hydrogen-bond donors (Lipinski definition) is 3. The summed E-state index contributed by atoms with van der Waals surface area (Å²) in [7, 11) is -1.87. The summed E-state index contributed by atoms with van der Waals surface area (Å²) < 4.78 is 10.5. The van der Waals surface area contributed by atoms with E-state index in [1.165, 1.54) is 0 Å². The van der Waals surface area contributed by atoms with Crippen molar-refractivity contribution in [3.05, 3.63) is 17.3 Å². The minimum absolute atomic E-state index is 0.206. The Bertz CT molecular complexity index is 706. The van der Waals surface area contributed by atoms with E-state index in [2.05, 4.69) is 10.3 Å². The van der Waals surface area contributed by atoms with Crippen molar-refractivity contribution in [2.24, 2.45) is 0 Å². The molecule has 1 fully saturated rings. The second-order valence-corrected chi connectivity index (χ2v) is 8.08. The Balaban J connectivity index is 1.72. The third kappa shape index (κ3) is 4.04. The largest absolute Gasteiger partial charge is 0.707 e. The summed E-state index contributed by atoms with van der Waals surface area (Å²) in [6.45, 7) is 8.57. The Morgan fingerprint density at radius 1 is 1.38 bits per heavy atom. The maximum atomic E-state index is 12.3. The topological polar surface area (TPSA) is 104 Å². The quantitative estimate of drug-likeness (QED) is 0.684. The van der Waals surface area contributed by atoms with Crippen LogP contribution < -0.4 is 9.97 Å². The molecule has 1 aromatic heterocycles. The maximum Gasteiger partial charge on any atom is 0.707 e. The number of nitrogens with zero attached hydrogens (tertiary/aromatic N) is 2. The van der Waals surface area contributed by atoms with Crippen LogP contribution in [0.3, 0.4) is 0 Å². The number of pyridine rings is 1. The van der Waals surface area contributed by atoms with Crippen LogP contribution in [0.4, 0.5) is 10.6 Å². The van der Waals surface area contributed by atoms with Gasteiger partial charge in [-0.1, -0.05) is 0 Å². The Kier molecular flexibility index (Phi) is 4.79. The Morgan fingerprint density at radius 3 is 2.77 bits per heavy atom. The first-order valence-corrected chi connectivity index (χ1v) is 8.86. The van der Waals surface area contributed by atoms with Gasteiger partial charge in [0.2, 0.25) is 0 Å². The van der Waals surface area contributed by atoms with E-state index in [-0.39, 0.29) is 11.6 Å². The SMILES string of the molecule is Cc1nc2c(cc1OB(O)O)CC[C@@]1(CCN(C(=O)OC(C)(C)C)C1)N2. The first kappa shape index (κ1) is 18.8. The fourth-order valence-corrected chi connectivity index (χ4v) is 3.51. The van der Waals surface area contributed by atoms with E-state index in [0.29, 0.717) is 24.5 Å². The molecule has 1 aromatic rings. The van der Waals surface area contributed by atoms with Crippen molar-refractivity contribution in [1.29, 1.82) is 0 Å². The van der Waals surface area contributed by atoms with E-state index in [1.54, 1.807) is 17.9 Å². The molecule has 0 saturated carbocycles. The van der Waals surface area contributed by atoms with E-state index < -0.39 is 12.9 Å². The van der Waals surface area contributed by atoms with Gasteiger partial charge in [0.1, 0.15) is 17.2 Å². The van der Waals surface area contributed by atoms with Crippen LogP contribution in [-0.4, -0.2) is 57.6 Å². The number of rotatable bonds is 2. The zero-order valence-electron chi connectivity index (χ0n) is 15.7. The predicted octanol–water partition coefficient (Wildman–Crippen LogP) is 1.48. The van der Waals surface area contributed by atoms with E-state index in [4.69, 9.17) is 19.4 Å². The smallest absolute Gasteiger partial charge is 0.510 e. The number of hydrogen-bond acceptors (Lipinski definition) is 7. The Labute approximate surface area is 153 Å². The second kappa shape index (κ2) is 6.63. The monoisotopic (exact) mass is 363 g/mol. The van der Waals surface area contributed by atoms with Crippen LogP contribution in [-0.2, 0) is 11.2 Å².